The maximum atomic E-state index is 11.3. The lowest BCUT2D eigenvalue weighted by atomic mass is 9.92. The van der Waals surface area contributed by atoms with Crippen LogP contribution in [-0.2, 0) is 10.2 Å². The van der Waals surface area contributed by atoms with Crippen molar-refractivity contribution >= 4 is 5.97 Å². The van der Waals surface area contributed by atoms with E-state index in [1.165, 1.54) is 0 Å². The smallest absolute Gasteiger partial charge is 0.314 e. The fourth-order valence-electron chi connectivity index (χ4n) is 2.44. The van der Waals surface area contributed by atoms with E-state index in [2.05, 4.69) is 5.32 Å². The Labute approximate surface area is 118 Å². The van der Waals surface area contributed by atoms with Crippen molar-refractivity contribution in [2.75, 3.05) is 13.6 Å². The Kier molecular flexibility index (Phi) is 4.42. The average Bonchev–Trinajstić information content (AvgIpc) is 3.25. The predicted molar refractivity (Wildman–Crippen MR) is 74.5 cm³/mol. The van der Waals surface area contributed by atoms with Gasteiger partial charge in [-0.3, -0.25) is 4.79 Å². The van der Waals surface area contributed by atoms with Gasteiger partial charge in [0.15, 0.2) is 0 Å². The van der Waals surface area contributed by atoms with Crippen LogP contribution in [0.1, 0.15) is 36.5 Å². The van der Waals surface area contributed by atoms with Crippen molar-refractivity contribution < 1.29 is 20.1 Å². The molecule has 0 heterocycles. The monoisotopic (exact) mass is 279 g/mol. The molecule has 0 bridgehead atoms. The summed E-state index contributed by atoms with van der Waals surface area (Å²) in [5, 5.41) is 32.3. The molecule has 2 rings (SSSR count). The summed E-state index contributed by atoms with van der Waals surface area (Å²) in [7, 11) is 1.78. The lowest BCUT2D eigenvalue weighted by Gasteiger charge is -2.20. The molecule has 4 N–H and O–H groups in total. The molecule has 1 fully saturated rings. The van der Waals surface area contributed by atoms with Crippen LogP contribution >= 0.6 is 0 Å². The van der Waals surface area contributed by atoms with E-state index in [0.29, 0.717) is 36.9 Å². The van der Waals surface area contributed by atoms with E-state index >= 15 is 0 Å². The van der Waals surface area contributed by atoms with Gasteiger partial charge in [-0.05, 0) is 44.0 Å². The maximum absolute atomic E-state index is 11.3. The summed E-state index contributed by atoms with van der Waals surface area (Å²) < 4.78 is 0. The molecule has 0 spiro atoms. The largest absolute Gasteiger partial charge is 0.481 e. The number of carbonyl (C=O) groups is 1. The summed E-state index contributed by atoms with van der Waals surface area (Å²) in [5.41, 5.74) is 0.493. The van der Waals surface area contributed by atoms with Gasteiger partial charge in [0.2, 0.25) is 0 Å². The van der Waals surface area contributed by atoms with Gasteiger partial charge in [0.1, 0.15) is 6.10 Å². The first-order valence-electron chi connectivity index (χ1n) is 6.86. The third-order valence-electron chi connectivity index (χ3n) is 3.99. The number of aliphatic carboxylic acids is 1. The van der Waals surface area contributed by atoms with Crippen molar-refractivity contribution in [1.82, 2.24) is 5.32 Å². The van der Waals surface area contributed by atoms with Gasteiger partial charge in [0.05, 0.1) is 11.5 Å². The van der Waals surface area contributed by atoms with Crippen LogP contribution in [0.25, 0.3) is 0 Å². The summed E-state index contributed by atoms with van der Waals surface area (Å²) in [6.45, 7) is 0.608. The number of rotatable bonds is 7. The third-order valence-corrected chi connectivity index (χ3v) is 3.99. The van der Waals surface area contributed by atoms with E-state index in [-0.39, 0.29) is 0 Å². The first-order valence-corrected chi connectivity index (χ1v) is 6.86. The molecule has 110 valence electrons. The molecule has 20 heavy (non-hydrogen) atoms. The summed E-state index contributed by atoms with van der Waals surface area (Å²) in [4.78, 5) is 11.3. The zero-order valence-electron chi connectivity index (χ0n) is 11.5. The minimum absolute atomic E-state index is 0.436. The fourth-order valence-corrected chi connectivity index (χ4v) is 2.44. The van der Waals surface area contributed by atoms with E-state index in [0.717, 1.165) is 0 Å². The molecule has 1 aliphatic rings. The van der Waals surface area contributed by atoms with Gasteiger partial charge in [0, 0.05) is 0 Å². The standard InChI is InChI=1S/C15H21NO4/c1-16-8-5-12(17)13(18)10-3-2-4-11(9-10)15(6-7-15)14(19)20/h2-4,9,12-13,16-18H,5-8H2,1H3,(H,19,20). The Hall–Kier alpha value is -1.43. The summed E-state index contributed by atoms with van der Waals surface area (Å²) in [6.07, 6.45) is -0.161. The number of hydrogen-bond donors (Lipinski definition) is 4. The van der Waals surface area contributed by atoms with Gasteiger partial charge in [-0.25, -0.2) is 0 Å². The molecule has 5 nitrogen and oxygen atoms in total. The van der Waals surface area contributed by atoms with Crippen LogP contribution < -0.4 is 5.32 Å². The molecule has 5 heteroatoms. The molecule has 0 aromatic heterocycles. The van der Waals surface area contributed by atoms with Gasteiger partial charge in [-0.15, -0.1) is 0 Å². The molecule has 0 amide bonds. The minimum Gasteiger partial charge on any atom is -0.481 e. The highest BCUT2D eigenvalue weighted by molar-refractivity contribution is 5.84. The van der Waals surface area contributed by atoms with Gasteiger partial charge in [-0.2, -0.15) is 0 Å². The molecule has 0 aliphatic heterocycles. The molecular formula is C15H21NO4. The Morgan fingerprint density at radius 1 is 1.40 bits per heavy atom. The van der Waals surface area contributed by atoms with E-state index < -0.39 is 23.6 Å². The van der Waals surface area contributed by atoms with Gasteiger partial charge >= 0.3 is 5.97 Å². The zero-order valence-corrected chi connectivity index (χ0v) is 11.5. The lowest BCUT2D eigenvalue weighted by molar-refractivity contribution is -0.140. The number of aliphatic hydroxyl groups excluding tert-OH is 2. The van der Waals surface area contributed by atoms with Crippen LogP contribution in [0.15, 0.2) is 24.3 Å². The predicted octanol–water partition coefficient (Wildman–Crippen LogP) is 0.807. The van der Waals surface area contributed by atoms with Crippen LogP contribution in [0, 0.1) is 0 Å². The Morgan fingerprint density at radius 3 is 2.65 bits per heavy atom. The second kappa shape index (κ2) is 5.91. The molecule has 1 saturated carbocycles. The van der Waals surface area contributed by atoms with Crippen LogP contribution in [0.5, 0.6) is 0 Å². The van der Waals surface area contributed by atoms with Crippen molar-refractivity contribution in [3.8, 4) is 0 Å². The summed E-state index contributed by atoms with van der Waals surface area (Å²) in [5.74, 6) is -0.820. The van der Waals surface area contributed by atoms with E-state index in [4.69, 9.17) is 0 Å². The number of hydrogen-bond acceptors (Lipinski definition) is 4. The Bertz CT molecular complexity index is 485. The van der Waals surface area contributed by atoms with E-state index in [1.807, 2.05) is 0 Å². The van der Waals surface area contributed by atoms with Crippen molar-refractivity contribution in [2.24, 2.45) is 0 Å². The molecule has 0 radical (unpaired) electrons. The van der Waals surface area contributed by atoms with Gasteiger partial charge in [0.25, 0.3) is 0 Å². The number of aliphatic hydroxyl groups is 2. The second-order valence-corrected chi connectivity index (χ2v) is 5.42. The fraction of sp³-hybridized carbons (Fsp3) is 0.533. The molecule has 0 saturated heterocycles. The first kappa shape index (κ1) is 15.0. The number of carboxylic acids is 1. The molecular weight excluding hydrogens is 258 g/mol. The molecule has 2 unspecified atom stereocenters. The number of nitrogens with one attached hydrogen (secondary N) is 1. The average molecular weight is 279 g/mol. The Balaban J connectivity index is 2.16. The van der Waals surface area contributed by atoms with Gasteiger partial charge < -0.3 is 20.6 Å². The zero-order chi connectivity index (χ0) is 14.8. The lowest BCUT2D eigenvalue weighted by Crippen LogP contribution is -2.24. The number of carboxylic acid groups (broad SMARTS) is 1. The SMILES string of the molecule is CNCCC(O)C(O)c1cccc(C2(C(=O)O)CC2)c1. The molecule has 1 aromatic carbocycles. The third kappa shape index (κ3) is 2.85. The molecule has 1 aromatic rings. The van der Waals surface area contributed by atoms with Crippen LogP contribution in [0.4, 0.5) is 0 Å². The molecule has 2 atom stereocenters. The first-order chi connectivity index (χ1) is 9.51. The minimum atomic E-state index is -0.993. The van der Waals surface area contributed by atoms with E-state index in [1.54, 1.807) is 31.3 Å². The van der Waals surface area contributed by atoms with Crippen molar-refractivity contribution in [1.29, 1.82) is 0 Å². The highest BCUT2D eigenvalue weighted by atomic mass is 16.4. The quantitative estimate of drug-likeness (QED) is 0.593. The second-order valence-electron chi connectivity index (χ2n) is 5.42. The van der Waals surface area contributed by atoms with Crippen molar-refractivity contribution in [2.45, 2.75) is 36.9 Å². The Morgan fingerprint density at radius 2 is 2.10 bits per heavy atom. The van der Waals surface area contributed by atoms with Crippen molar-refractivity contribution in [3.63, 3.8) is 0 Å². The topological polar surface area (TPSA) is 89.8 Å². The normalized spacial score (nSPS) is 19.4. The van der Waals surface area contributed by atoms with Crippen LogP contribution in [0.2, 0.25) is 0 Å². The highest BCUT2D eigenvalue weighted by Crippen LogP contribution is 2.48. The van der Waals surface area contributed by atoms with Crippen molar-refractivity contribution in [3.05, 3.63) is 35.4 Å². The van der Waals surface area contributed by atoms with Crippen LogP contribution in [-0.4, -0.2) is 41.0 Å². The summed E-state index contributed by atoms with van der Waals surface area (Å²) in [6, 6.07) is 6.93. The van der Waals surface area contributed by atoms with Gasteiger partial charge in [-0.1, -0.05) is 24.3 Å². The molecule has 1 aliphatic carbocycles. The number of benzene rings is 1. The van der Waals surface area contributed by atoms with Crippen LogP contribution in [0.3, 0.4) is 0 Å². The maximum Gasteiger partial charge on any atom is 0.314 e. The van der Waals surface area contributed by atoms with E-state index in [9.17, 15) is 20.1 Å². The highest BCUT2D eigenvalue weighted by Gasteiger charge is 2.51. The summed E-state index contributed by atoms with van der Waals surface area (Å²) >= 11 is 0.